The van der Waals surface area contributed by atoms with E-state index in [-0.39, 0.29) is 13.0 Å². The fourth-order valence-corrected chi connectivity index (χ4v) is 2.32. The summed E-state index contributed by atoms with van der Waals surface area (Å²) in [6.07, 6.45) is -1.35. The summed E-state index contributed by atoms with van der Waals surface area (Å²) in [6.45, 7) is 1.82. The normalized spacial score (nSPS) is 24.5. The molecule has 6 nitrogen and oxygen atoms in total. The third kappa shape index (κ3) is 4.54. The number of hydrogen-bond donors (Lipinski definition) is 0. The maximum Gasteiger partial charge on any atom is 0.335 e. The van der Waals surface area contributed by atoms with Gasteiger partial charge in [0.15, 0.2) is 12.2 Å². The predicted octanol–water partition coefficient (Wildman–Crippen LogP) is 1.47. The van der Waals surface area contributed by atoms with Gasteiger partial charge in [-0.15, -0.1) is 0 Å². The molecule has 0 bridgehead atoms. The van der Waals surface area contributed by atoms with E-state index in [9.17, 15) is 9.59 Å². The van der Waals surface area contributed by atoms with E-state index < -0.39 is 30.3 Å². The highest BCUT2D eigenvalue weighted by molar-refractivity contribution is 5.74. The van der Waals surface area contributed by atoms with Crippen LogP contribution in [0, 0.1) is 0 Å². The molecule has 1 aliphatic heterocycles. The Balaban J connectivity index is 1.99. The summed E-state index contributed by atoms with van der Waals surface area (Å²) in [7, 11) is 1.31. The van der Waals surface area contributed by atoms with E-state index in [1.165, 1.54) is 14.0 Å². The lowest BCUT2D eigenvalue weighted by molar-refractivity contribution is -0.192. The van der Waals surface area contributed by atoms with Crippen molar-refractivity contribution in [3.63, 3.8) is 0 Å². The van der Waals surface area contributed by atoms with Crippen molar-refractivity contribution in [1.82, 2.24) is 0 Å². The number of benzene rings is 1. The quantitative estimate of drug-likeness (QED) is 0.767. The molecule has 22 heavy (non-hydrogen) atoms. The molecule has 6 heteroatoms. The van der Waals surface area contributed by atoms with E-state index in [1.807, 2.05) is 30.3 Å². The molecule has 1 heterocycles. The molecule has 1 aliphatic rings. The number of carbonyl (C=O) groups is 2. The topological polar surface area (TPSA) is 71.1 Å². The van der Waals surface area contributed by atoms with Gasteiger partial charge in [0, 0.05) is 13.3 Å². The van der Waals surface area contributed by atoms with Crippen molar-refractivity contribution in [1.29, 1.82) is 0 Å². The molecule has 0 N–H and O–H groups in total. The summed E-state index contributed by atoms with van der Waals surface area (Å²) in [5.41, 5.74) is 1.00. The fourth-order valence-electron chi connectivity index (χ4n) is 2.32. The Labute approximate surface area is 129 Å². The van der Waals surface area contributed by atoms with Gasteiger partial charge in [-0.2, -0.15) is 0 Å². The van der Waals surface area contributed by atoms with Gasteiger partial charge in [0.05, 0.1) is 20.3 Å². The molecule has 0 radical (unpaired) electrons. The minimum Gasteiger partial charge on any atom is -0.467 e. The Morgan fingerprint density at radius 1 is 1.23 bits per heavy atom. The van der Waals surface area contributed by atoms with Crippen LogP contribution in [0.4, 0.5) is 0 Å². The first-order valence-corrected chi connectivity index (χ1v) is 7.12. The predicted molar refractivity (Wildman–Crippen MR) is 76.9 cm³/mol. The van der Waals surface area contributed by atoms with Crippen molar-refractivity contribution >= 4 is 11.9 Å². The fraction of sp³-hybridized carbons (Fsp3) is 0.500. The molecule has 0 aromatic heterocycles. The van der Waals surface area contributed by atoms with Crippen LogP contribution in [0.1, 0.15) is 18.9 Å². The lowest BCUT2D eigenvalue weighted by Gasteiger charge is -2.34. The average Bonchev–Trinajstić information content (AvgIpc) is 2.53. The number of rotatable bonds is 5. The van der Waals surface area contributed by atoms with E-state index in [1.54, 1.807) is 0 Å². The molecule has 3 atom stereocenters. The second-order valence-electron chi connectivity index (χ2n) is 5.06. The van der Waals surface area contributed by atoms with Gasteiger partial charge in [0.2, 0.25) is 0 Å². The second-order valence-corrected chi connectivity index (χ2v) is 5.06. The van der Waals surface area contributed by atoms with Crippen LogP contribution in [0.15, 0.2) is 30.3 Å². The van der Waals surface area contributed by atoms with Gasteiger partial charge < -0.3 is 18.9 Å². The van der Waals surface area contributed by atoms with Crippen LogP contribution in [0.3, 0.4) is 0 Å². The number of carbonyl (C=O) groups excluding carboxylic acids is 2. The van der Waals surface area contributed by atoms with Gasteiger partial charge in [0.25, 0.3) is 0 Å². The van der Waals surface area contributed by atoms with Crippen LogP contribution in [0.2, 0.25) is 0 Å². The highest BCUT2D eigenvalue weighted by Gasteiger charge is 2.37. The first-order chi connectivity index (χ1) is 10.6. The minimum absolute atomic E-state index is 0.110. The zero-order valence-corrected chi connectivity index (χ0v) is 12.7. The van der Waals surface area contributed by atoms with Crippen LogP contribution in [0.25, 0.3) is 0 Å². The zero-order chi connectivity index (χ0) is 15.9. The summed E-state index contributed by atoms with van der Waals surface area (Å²) in [5, 5.41) is 0. The highest BCUT2D eigenvalue weighted by atomic mass is 16.6. The molecule has 0 amide bonds. The molecule has 2 rings (SSSR count). The average molecular weight is 308 g/mol. The van der Waals surface area contributed by atoms with Crippen molar-refractivity contribution in [3.8, 4) is 0 Å². The maximum absolute atomic E-state index is 11.6. The molecule has 2 unspecified atom stereocenters. The van der Waals surface area contributed by atoms with Crippen LogP contribution in [-0.4, -0.2) is 44.0 Å². The van der Waals surface area contributed by atoms with E-state index in [0.717, 1.165) is 5.56 Å². The lowest BCUT2D eigenvalue weighted by Crippen LogP contribution is -2.47. The zero-order valence-electron chi connectivity index (χ0n) is 12.7. The van der Waals surface area contributed by atoms with Gasteiger partial charge in [-0.3, -0.25) is 4.79 Å². The van der Waals surface area contributed by atoms with Gasteiger partial charge >= 0.3 is 11.9 Å². The number of hydrogen-bond acceptors (Lipinski definition) is 6. The monoisotopic (exact) mass is 308 g/mol. The molecule has 0 aliphatic carbocycles. The van der Waals surface area contributed by atoms with E-state index in [2.05, 4.69) is 4.74 Å². The van der Waals surface area contributed by atoms with Crippen LogP contribution in [0.5, 0.6) is 0 Å². The molecule has 0 spiro atoms. The van der Waals surface area contributed by atoms with Crippen LogP contribution < -0.4 is 0 Å². The Morgan fingerprint density at radius 3 is 2.59 bits per heavy atom. The third-order valence-corrected chi connectivity index (χ3v) is 3.41. The van der Waals surface area contributed by atoms with Gasteiger partial charge in [0.1, 0.15) is 6.10 Å². The summed E-state index contributed by atoms with van der Waals surface area (Å²) in [5.74, 6) is -0.854. The summed E-state index contributed by atoms with van der Waals surface area (Å²) in [4.78, 5) is 22.8. The summed E-state index contributed by atoms with van der Waals surface area (Å²) in [6, 6.07) is 9.65. The number of ether oxygens (including phenoxy) is 4. The lowest BCUT2D eigenvalue weighted by atomic mass is 10.0. The molecule has 1 aromatic rings. The Morgan fingerprint density at radius 2 is 1.95 bits per heavy atom. The van der Waals surface area contributed by atoms with E-state index in [0.29, 0.717) is 6.61 Å². The Kier molecular flexibility index (Phi) is 5.91. The van der Waals surface area contributed by atoms with Crippen LogP contribution in [-0.2, 0) is 35.1 Å². The molecule has 1 saturated heterocycles. The van der Waals surface area contributed by atoms with Crippen molar-refractivity contribution < 1.29 is 28.5 Å². The summed E-state index contributed by atoms with van der Waals surface area (Å²) >= 11 is 0. The first-order valence-electron chi connectivity index (χ1n) is 7.12. The smallest absolute Gasteiger partial charge is 0.335 e. The third-order valence-electron chi connectivity index (χ3n) is 3.41. The van der Waals surface area contributed by atoms with Gasteiger partial charge in [-0.25, -0.2) is 4.79 Å². The van der Waals surface area contributed by atoms with E-state index in [4.69, 9.17) is 14.2 Å². The Bertz CT molecular complexity index is 501. The first kappa shape index (κ1) is 16.5. The largest absolute Gasteiger partial charge is 0.467 e. The highest BCUT2D eigenvalue weighted by Crippen LogP contribution is 2.22. The van der Waals surface area contributed by atoms with Crippen LogP contribution >= 0.6 is 0 Å². The summed E-state index contributed by atoms with van der Waals surface area (Å²) < 4.78 is 21.1. The second kappa shape index (κ2) is 7.91. The number of esters is 2. The SMILES string of the molecule is COC(=O)C1C[C@H](OCc2ccccc2)C(OC(C)=O)CO1. The minimum atomic E-state index is -0.697. The van der Waals surface area contributed by atoms with Crippen molar-refractivity contribution in [2.45, 2.75) is 38.3 Å². The standard InChI is InChI=1S/C16H20O6/c1-11(17)22-15-10-21-14(16(18)19-2)8-13(15)20-9-12-6-4-3-5-7-12/h3-7,13-15H,8-10H2,1-2H3/t13-,14?,15?/m0/s1. The Hall–Kier alpha value is -1.92. The van der Waals surface area contributed by atoms with Crippen molar-refractivity contribution in [2.75, 3.05) is 13.7 Å². The molecule has 1 fully saturated rings. The van der Waals surface area contributed by atoms with E-state index >= 15 is 0 Å². The maximum atomic E-state index is 11.6. The van der Waals surface area contributed by atoms with Crippen molar-refractivity contribution in [2.24, 2.45) is 0 Å². The molecular weight excluding hydrogens is 288 g/mol. The van der Waals surface area contributed by atoms with Gasteiger partial charge in [-0.05, 0) is 5.56 Å². The number of methoxy groups -OCH3 is 1. The molecule has 120 valence electrons. The molecule has 0 saturated carbocycles. The van der Waals surface area contributed by atoms with Crippen molar-refractivity contribution in [3.05, 3.63) is 35.9 Å². The molecule has 1 aromatic carbocycles. The van der Waals surface area contributed by atoms with Gasteiger partial charge in [-0.1, -0.05) is 30.3 Å². The molecular formula is C16H20O6.